The maximum absolute atomic E-state index is 2.46. The lowest BCUT2D eigenvalue weighted by Gasteiger charge is -2.28. The predicted molar refractivity (Wildman–Crippen MR) is 102 cm³/mol. The first kappa shape index (κ1) is 16.6. The van der Waals surface area contributed by atoms with Gasteiger partial charge in [-0.25, -0.2) is 0 Å². The van der Waals surface area contributed by atoms with Crippen LogP contribution in [0.3, 0.4) is 0 Å². The van der Waals surface area contributed by atoms with Crippen LogP contribution in [0.25, 0.3) is 10.8 Å². The summed E-state index contributed by atoms with van der Waals surface area (Å²) in [6.45, 7) is 4.59. The Kier molecular flexibility index (Phi) is 5.75. The molecule has 1 saturated carbocycles. The van der Waals surface area contributed by atoms with E-state index < -0.39 is 0 Å². The molecule has 0 heteroatoms. The molecule has 0 spiro atoms. The zero-order valence-electron chi connectivity index (χ0n) is 15.0. The van der Waals surface area contributed by atoms with Crippen LogP contribution in [0.15, 0.2) is 36.4 Å². The number of hydrogen-bond acceptors (Lipinski definition) is 0. The van der Waals surface area contributed by atoms with Gasteiger partial charge in [0, 0.05) is 0 Å². The second-order valence-corrected chi connectivity index (χ2v) is 7.55. The number of benzene rings is 2. The normalized spacial score (nSPS) is 21.7. The van der Waals surface area contributed by atoms with Crippen LogP contribution < -0.4 is 0 Å². The van der Waals surface area contributed by atoms with Crippen molar-refractivity contribution in [3.63, 3.8) is 0 Å². The second kappa shape index (κ2) is 7.99. The molecular formula is C23H32. The van der Waals surface area contributed by atoms with Crippen molar-refractivity contribution in [3.8, 4) is 0 Å². The summed E-state index contributed by atoms with van der Waals surface area (Å²) >= 11 is 0. The molecule has 0 aliphatic heterocycles. The molecule has 23 heavy (non-hydrogen) atoms. The highest BCUT2D eigenvalue weighted by Crippen LogP contribution is 2.38. The monoisotopic (exact) mass is 308 g/mol. The highest BCUT2D eigenvalue weighted by atomic mass is 14.3. The van der Waals surface area contributed by atoms with Crippen LogP contribution in [0.1, 0.15) is 82.3 Å². The van der Waals surface area contributed by atoms with E-state index in [0.717, 1.165) is 11.8 Å². The summed E-state index contributed by atoms with van der Waals surface area (Å²) in [6.07, 6.45) is 12.2. The summed E-state index contributed by atoms with van der Waals surface area (Å²) in [6, 6.07) is 14.3. The van der Waals surface area contributed by atoms with E-state index in [1.54, 1.807) is 5.56 Å². The van der Waals surface area contributed by atoms with Crippen LogP contribution in [0.4, 0.5) is 0 Å². The Morgan fingerprint density at radius 2 is 1.57 bits per heavy atom. The van der Waals surface area contributed by atoms with Crippen LogP contribution in [0.5, 0.6) is 0 Å². The van der Waals surface area contributed by atoms with Crippen molar-refractivity contribution in [1.29, 1.82) is 0 Å². The molecule has 0 radical (unpaired) electrons. The van der Waals surface area contributed by atoms with Gasteiger partial charge in [-0.1, -0.05) is 69.5 Å². The van der Waals surface area contributed by atoms with Gasteiger partial charge in [-0.15, -0.1) is 0 Å². The largest absolute Gasteiger partial charge is 0.0654 e. The SMILES string of the molecule is CCCCc1ccc2cc(C3CCC(CCC)CC3)ccc2c1. The predicted octanol–water partition coefficient (Wildman–Crippen LogP) is 7.26. The minimum absolute atomic E-state index is 0.798. The minimum Gasteiger partial charge on any atom is -0.0654 e. The fourth-order valence-electron chi connectivity index (χ4n) is 4.30. The zero-order valence-corrected chi connectivity index (χ0v) is 15.0. The zero-order chi connectivity index (χ0) is 16.1. The standard InChI is InChI=1S/C23H32/c1-3-5-7-19-10-13-23-17-22(15-14-21(23)16-19)20-11-8-18(6-4-2)9-12-20/h10,13-18,20H,3-9,11-12H2,1-2H3. The molecule has 2 aromatic carbocycles. The maximum Gasteiger partial charge on any atom is -0.0162 e. The van der Waals surface area contributed by atoms with Crippen molar-refractivity contribution in [2.45, 2.75) is 77.6 Å². The fraction of sp³-hybridized carbons (Fsp3) is 0.565. The van der Waals surface area contributed by atoms with E-state index in [2.05, 4.69) is 50.2 Å². The van der Waals surface area contributed by atoms with Crippen LogP contribution in [0, 0.1) is 5.92 Å². The van der Waals surface area contributed by atoms with Gasteiger partial charge in [0.15, 0.2) is 0 Å². The first-order valence-electron chi connectivity index (χ1n) is 9.82. The topological polar surface area (TPSA) is 0 Å². The van der Waals surface area contributed by atoms with E-state index in [9.17, 15) is 0 Å². The first-order chi connectivity index (χ1) is 11.3. The van der Waals surface area contributed by atoms with Crippen molar-refractivity contribution >= 4 is 10.8 Å². The molecule has 124 valence electrons. The van der Waals surface area contributed by atoms with Crippen LogP contribution in [-0.4, -0.2) is 0 Å². The molecule has 0 bridgehead atoms. The highest BCUT2D eigenvalue weighted by Gasteiger charge is 2.21. The van der Waals surface area contributed by atoms with Crippen molar-refractivity contribution < 1.29 is 0 Å². The highest BCUT2D eigenvalue weighted by molar-refractivity contribution is 5.84. The Bertz CT molecular complexity index is 617. The van der Waals surface area contributed by atoms with Gasteiger partial charge in [0.25, 0.3) is 0 Å². The lowest BCUT2D eigenvalue weighted by atomic mass is 9.77. The van der Waals surface area contributed by atoms with Gasteiger partial charge in [0.1, 0.15) is 0 Å². The molecule has 2 aromatic rings. The molecule has 0 unspecified atom stereocenters. The molecule has 0 aromatic heterocycles. The van der Waals surface area contributed by atoms with Crippen LogP contribution in [0.2, 0.25) is 0 Å². The molecule has 1 aliphatic carbocycles. The molecule has 0 atom stereocenters. The van der Waals surface area contributed by atoms with Gasteiger partial charge in [0.2, 0.25) is 0 Å². The average molecular weight is 309 g/mol. The molecule has 0 heterocycles. The molecule has 0 saturated heterocycles. The van der Waals surface area contributed by atoms with E-state index in [0.29, 0.717) is 0 Å². The Balaban J connectivity index is 1.71. The molecule has 0 amide bonds. The van der Waals surface area contributed by atoms with Gasteiger partial charge in [-0.05, 0) is 72.3 Å². The third-order valence-electron chi connectivity index (χ3n) is 5.76. The lowest BCUT2D eigenvalue weighted by molar-refractivity contribution is 0.308. The maximum atomic E-state index is 2.46. The number of rotatable bonds is 6. The summed E-state index contributed by atoms with van der Waals surface area (Å²) in [7, 11) is 0. The number of fused-ring (bicyclic) bond motifs is 1. The van der Waals surface area contributed by atoms with Gasteiger partial charge >= 0.3 is 0 Å². The van der Waals surface area contributed by atoms with Crippen LogP contribution >= 0.6 is 0 Å². The summed E-state index contributed by atoms with van der Waals surface area (Å²) in [5.74, 6) is 1.80. The Morgan fingerprint density at radius 1 is 0.826 bits per heavy atom. The van der Waals surface area contributed by atoms with Gasteiger partial charge in [0.05, 0.1) is 0 Å². The summed E-state index contributed by atoms with van der Waals surface area (Å²) in [5, 5.41) is 2.85. The van der Waals surface area contributed by atoms with Crippen molar-refractivity contribution in [2.75, 3.05) is 0 Å². The first-order valence-corrected chi connectivity index (χ1v) is 9.82. The molecule has 1 fully saturated rings. The molecule has 1 aliphatic rings. The van der Waals surface area contributed by atoms with Gasteiger partial charge in [-0.3, -0.25) is 0 Å². The van der Waals surface area contributed by atoms with E-state index in [4.69, 9.17) is 0 Å². The fourth-order valence-corrected chi connectivity index (χ4v) is 4.30. The third kappa shape index (κ3) is 4.16. The smallest absolute Gasteiger partial charge is 0.0162 e. The second-order valence-electron chi connectivity index (χ2n) is 7.55. The molecule has 3 rings (SSSR count). The number of aryl methyl sites for hydroxylation is 1. The van der Waals surface area contributed by atoms with Crippen LogP contribution in [-0.2, 0) is 6.42 Å². The quantitative estimate of drug-likeness (QED) is 0.527. The summed E-state index contributed by atoms with van der Waals surface area (Å²) in [5.41, 5.74) is 3.07. The minimum atomic E-state index is 0.798. The van der Waals surface area contributed by atoms with E-state index in [-0.39, 0.29) is 0 Å². The molecule has 0 N–H and O–H groups in total. The van der Waals surface area contributed by atoms with Crippen molar-refractivity contribution in [1.82, 2.24) is 0 Å². The van der Waals surface area contributed by atoms with Crippen molar-refractivity contribution in [2.24, 2.45) is 5.92 Å². The Morgan fingerprint density at radius 3 is 2.30 bits per heavy atom. The summed E-state index contributed by atoms with van der Waals surface area (Å²) in [4.78, 5) is 0. The summed E-state index contributed by atoms with van der Waals surface area (Å²) < 4.78 is 0. The van der Waals surface area contributed by atoms with E-state index in [1.807, 2.05) is 0 Å². The third-order valence-corrected chi connectivity index (χ3v) is 5.76. The lowest BCUT2D eigenvalue weighted by Crippen LogP contribution is -2.13. The molecule has 0 nitrogen and oxygen atoms in total. The Labute approximate surface area is 142 Å². The van der Waals surface area contributed by atoms with E-state index in [1.165, 1.54) is 74.1 Å². The van der Waals surface area contributed by atoms with Gasteiger partial charge < -0.3 is 0 Å². The number of unbranched alkanes of at least 4 members (excludes halogenated alkanes) is 1. The van der Waals surface area contributed by atoms with E-state index >= 15 is 0 Å². The average Bonchev–Trinajstić information content (AvgIpc) is 2.60. The Hall–Kier alpha value is -1.30. The molecular weight excluding hydrogens is 276 g/mol. The van der Waals surface area contributed by atoms with Gasteiger partial charge in [-0.2, -0.15) is 0 Å². The van der Waals surface area contributed by atoms with Crippen molar-refractivity contribution in [3.05, 3.63) is 47.5 Å². The number of hydrogen-bond donors (Lipinski definition) is 0.